The molecule has 2 amide bonds. The molecule has 9 N–H and O–H groups in total. The van der Waals surface area contributed by atoms with Gasteiger partial charge in [-0.2, -0.15) is 0 Å². The third kappa shape index (κ3) is 8.46. The van der Waals surface area contributed by atoms with Crippen LogP contribution in [-0.4, -0.2) is 34.8 Å². The van der Waals surface area contributed by atoms with Gasteiger partial charge < -0.3 is 36.7 Å². The Kier molecular flexibility index (Phi) is 9.41. The smallest absolute Gasteiger partial charge is 0.404 e. The van der Waals surface area contributed by atoms with E-state index in [2.05, 4.69) is 10.6 Å². The molecular weight excluding hydrogens is 524 g/mol. The first-order valence-corrected chi connectivity index (χ1v) is 13.2. The van der Waals surface area contributed by atoms with Crippen LogP contribution in [0.4, 0.5) is 10.5 Å². The number of ether oxygens (including phenoxy) is 2. The highest BCUT2D eigenvalue weighted by Gasteiger charge is 2.27. The number of carbonyl (C=O) groups is 2. The Morgan fingerprint density at radius 3 is 1.66 bits per heavy atom. The number of carbonyl (C=O) groups excluding carboxylic acids is 1. The van der Waals surface area contributed by atoms with Gasteiger partial charge in [0.05, 0.1) is 0 Å². The van der Waals surface area contributed by atoms with E-state index in [4.69, 9.17) is 36.9 Å². The van der Waals surface area contributed by atoms with Crippen molar-refractivity contribution in [3.63, 3.8) is 0 Å². The summed E-state index contributed by atoms with van der Waals surface area (Å²) in [5.41, 5.74) is 14.6. The molecule has 0 radical (unpaired) electrons. The molecule has 11 nitrogen and oxygen atoms in total. The van der Waals surface area contributed by atoms with Gasteiger partial charge in [0.1, 0.15) is 36.4 Å². The van der Waals surface area contributed by atoms with Crippen LogP contribution in [0.25, 0.3) is 0 Å². The molecule has 4 rings (SSSR count). The molecule has 0 bridgehead atoms. The average Bonchev–Trinajstić information content (AvgIpc) is 2.95. The molecule has 0 heterocycles. The fourth-order valence-corrected chi connectivity index (χ4v) is 4.62. The highest BCUT2D eigenvalue weighted by Crippen LogP contribution is 2.30. The van der Waals surface area contributed by atoms with Crippen molar-refractivity contribution in [1.82, 2.24) is 5.32 Å². The highest BCUT2D eigenvalue weighted by atomic mass is 16.5. The van der Waals surface area contributed by atoms with Crippen molar-refractivity contribution in [3.05, 3.63) is 89.0 Å². The number of rotatable bonds is 11. The SMILES string of the molecule is N=C(N)c1ccc(COc2cc(NC(=O)C3CCC(NC(=O)O)CC3)cc(OCc3ccc(C(=N)N)cc3)c2)cc1. The second-order valence-electron chi connectivity index (χ2n) is 9.98. The quantitative estimate of drug-likeness (QED) is 0.135. The van der Waals surface area contributed by atoms with Gasteiger partial charge in [-0.15, -0.1) is 0 Å². The standard InChI is InChI=1S/C30H34N6O5/c31-27(32)20-5-1-18(2-6-20)16-40-25-13-24(35-29(37)22-9-11-23(12-10-22)36-30(38)39)14-26(15-25)41-17-19-3-7-21(8-4-19)28(33)34/h1-8,13-15,22-23,36H,9-12,16-17H2,(H3,31,32)(H3,33,34)(H,35,37)(H,38,39). The van der Waals surface area contributed by atoms with Crippen molar-refractivity contribution in [1.29, 1.82) is 10.8 Å². The molecule has 1 saturated carbocycles. The zero-order valence-electron chi connectivity index (χ0n) is 22.5. The highest BCUT2D eigenvalue weighted by molar-refractivity contribution is 5.95. The molecule has 0 aliphatic heterocycles. The van der Waals surface area contributed by atoms with Crippen LogP contribution in [0.15, 0.2) is 66.7 Å². The lowest BCUT2D eigenvalue weighted by Gasteiger charge is -2.27. The fourth-order valence-electron chi connectivity index (χ4n) is 4.62. The van der Waals surface area contributed by atoms with Crippen LogP contribution >= 0.6 is 0 Å². The van der Waals surface area contributed by atoms with Gasteiger partial charge in [0, 0.05) is 47.0 Å². The summed E-state index contributed by atoms with van der Waals surface area (Å²) in [5.74, 6) is 0.608. The van der Waals surface area contributed by atoms with Crippen LogP contribution in [0, 0.1) is 16.7 Å². The maximum absolute atomic E-state index is 13.1. The summed E-state index contributed by atoms with van der Waals surface area (Å²) >= 11 is 0. The maximum Gasteiger partial charge on any atom is 0.404 e. The first kappa shape index (κ1) is 28.9. The van der Waals surface area contributed by atoms with E-state index >= 15 is 0 Å². The molecular formula is C30H34N6O5. The summed E-state index contributed by atoms with van der Waals surface area (Å²) in [7, 11) is 0. The van der Waals surface area contributed by atoms with E-state index in [0.29, 0.717) is 54.0 Å². The molecule has 1 fully saturated rings. The largest absolute Gasteiger partial charge is 0.489 e. The van der Waals surface area contributed by atoms with Crippen molar-refractivity contribution < 1.29 is 24.2 Å². The molecule has 41 heavy (non-hydrogen) atoms. The first-order chi connectivity index (χ1) is 19.7. The van der Waals surface area contributed by atoms with Gasteiger partial charge in [-0.1, -0.05) is 48.5 Å². The lowest BCUT2D eigenvalue weighted by molar-refractivity contribution is -0.120. The van der Waals surface area contributed by atoms with Gasteiger partial charge in [-0.25, -0.2) is 4.79 Å². The number of carboxylic acid groups (broad SMARTS) is 1. The van der Waals surface area contributed by atoms with E-state index in [1.54, 1.807) is 42.5 Å². The monoisotopic (exact) mass is 558 g/mol. The summed E-state index contributed by atoms with van der Waals surface area (Å²) in [6.07, 6.45) is 1.33. The first-order valence-electron chi connectivity index (χ1n) is 13.2. The van der Waals surface area contributed by atoms with Crippen LogP contribution in [0.2, 0.25) is 0 Å². The van der Waals surface area contributed by atoms with Crippen molar-refractivity contribution in [2.75, 3.05) is 5.32 Å². The molecule has 0 aromatic heterocycles. The molecule has 3 aromatic carbocycles. The molecule has 0 saturated heterocycles. The molecule has 0 atom stereocenters. The zero-order valence-corrected chi connectivity index (χ0v) is 22.5. The predicted octanol–water partition coefficient (Wildman–Crippen LogP) is 4.18. The lowest BCUT2D eigenvalue weighted by atomic mass is 9.85. The number of benzene rings is 3. The number of nitrogen functional groups attached to an aromatic ring is 2. The van der Waals surface area contributed by atoms with Crippen LogP contribution in [0.3, 0.4) is 0 Å². The minimum atomic E-state index is -1.05. The van der Waals surface area contributed by atoms with Crippen molar-refractivity contribution in [2.45, 2.75) is 44.9 Å². The van der Waals surface area contributed by atoms with E-state index in [0.717, 1.165) is 11.1 Å². The molecule has 3 aromatic rings. The molecule has 1 aliphatic carbocycles. The zero-order chi connectivity index (χ0) is 29.4. The number of amides is 2. The number of hydrogen-bond donors (Lipinski definition) is 7. The number of amidine groups is 2. The summed E-state index contributed by atoms with van der Waals surface area (Å²) in [6.45, 7) is 0.504. The number of anilines is 1. The van der Waals surface area contributed by atoms with E-state index in [9.17, 15) is 9.59 Å². The molecule has 11 heteroatoms. The fraction of sp³-hybridized carbons (Fsp3) is 0.267. The van der Waals surface area contributed by atoms with E-state index in [-0.39, 0.29) is 42.8 Å². The van der Waals surface area contributed by atoms with Gasteiger partial charge in [0.2, 0.25) is 5.91 Å². The lowest BCUT2D eigenvalue weighted by Crippen LogP contribution is -2.38. The van der Waals surface area contributed by atoms with Crippen molar-refractivity contribution in [2.24, 2.45) is 17.4 Å². The van der Waals surface area contributed by atoms with E-state index in [1.807, 2.05) is 24.3 Å². The Balaban J connectivity index is 1.45. The van der Waals surface area contributed by atoms with Gasteiger partial charge in [0.25, 0.3) is 0 Å². The van der Waals surface area contributed by atoms with Gasteiger partial charge >= 0.3 is 6.09 Å². The Hall–Kier alpha value is -5.06. The number of nitrogens with one attached hydrogen (secondary N) is 4. The number of hydrogen-bond acceptors (Lipinski definition) is 6. The third-order valence-electron chi connectivity index (χ3n) is 6.91. The molecule has 1 aliphatic rings. The van der Waals surface area contributed by atoms with Crippen LogP contribution in [0.1, 0.15) is 47.9 Å². The summed E-state index contributed by atoms with van der Waals surface area (Å²) < 4.78 is 12.1. The number of nitrogens with two attached hydrogens (primary N) is 2. The van der Waals surface area contributed by atoms with E-state index < -0.39 is 6.09 Å². The van der Waals surface area contributed by atoms with Crippen LogP contribution in [-0.2, 0) is 18.0 Å². The van der Waals surface area contributed by atoms with Crippen LogP contribution < -0.4 is 31.6 Å². The van der Waals surface area contributed by atoms with Crippen LogP contribution in [0.5, 0.6) is 11.5 Å². The van der Waals surface area contributed by atoms with Gasteiger partial charge in [0.15, 0.2) is 0 Å². The Bertz CT molecular complexity index is 1320. The normalized spacial score (nSPS) is 16.3. The summed E-state index contributed by atoms with van der Waals surface area (Å²) in [6, 6.07) is 19.4. The second-order valence-corrected chi connectivity index (χ2v) is 9.98. The third-order valence-corrected chi connectivity index (χ3v) is 6.91. The summed E-state index contributed by atoms with van der Waals surface area (Å²) in [5, 5.41) is 29.5. The second kappa shape index (κ2) is 13.3. The molecule has 0 unspecified atom stereocenters. The average molecular weight is 559 g/mol. The van der Waals surface area contributed by atoms with Gasteiger partial charge in [-0.05, 0) is 36.8 Å². The Morgan fingerprint density at radius 2 is 1.24 bits per heavy atom. The predicted molar refractivity (Wildman–Crippen MR) is 156 cm³/mol. The van der Waals surface area contributed by atoms with Gasteiger partial charge in [-0.3, -0.25) is 15.6 Å². The minimum Gasteiger partial charge on any atom is -0.489 e. The maximum atomic E-state index is 13.1. The van der Waals surface area contributed by atoms with Crippen molar-refractivity contribution >= 4 is 29.4 Å². The summed E-state index contributed by atoms with van der Waals surface area (Å²) in [4.78, 5) is 24.0. The molecule has 0 spiro atoms. The minimum absolute atomic E-state index is 0.00901. The topological polar surface area (TPSA) is 197 Å². The Labute approximate surface area is 237 Å². The van der Waals surface area contributed by atoms with Crippen molar-refractivity contribution in [3.8, 4) is 11.5 Å². The Morgan fingerprint density at radius 1 is 0.780 bits per heavy atom. The van der Waals surface area contributed by atoms with E-state index in [1.165, 1.54) is 0 Å². The molecule has 214 valence electrons.